The first kappa shape index (κ1) is 11.6. The smallest absolute Gasteiger partial charge is 0.183 e. The van der Waals surface area contributed by atoms with Gasteiger partial charge in [-0.3, -0.25) is 4.79 Å². The summed E-state index contributed by atoms with van der Waals surface area (Å²) in [6.07, 6.45) is 2.38. The maximum Gasteiger partial charge on any atom is 0.183 e. The third-order valence-corrected chi connectivity index (χ3v) is 3.30. The van der Waals surface area contributed by atoms with Gasteiger partial charge >= 0.3 is 0 Å². The van der Waals surface area contributed by atoms with E-state index >= 15 is 0 Å². The van der Waals surface area contributed by atoms with Crippen LogP contribution in [-0.4, -0.2) is 10.4 Å². The van der Waals surface area contributed by atoms with Crippen LogP contribution in [0.4, 0.5) is 0 Å². The highest BCUT2D eigenvalue weighted by Crippen LogP contribution is 2.15. The third kappa shape index (κ3) is 2.31. The van der Waals surface area contributed by atoms with Gasteiger partial charge in [-0.1, -0.05) is 18.2 Å². The summed E-state index contributed by atoms with van der Waals surface area (Å²) in [7, 11) is 1.90. The average molecular weight is 227 g/mol. The Morgan fingerprint density at radius 3 is 2.59 bits per heavy atom. The Kier molecular flexibility index (Phi) is 3.14. The van der Waals surface area contributed by atoms with E-state index in [9.17, 15) is 4.79 Å². The molecule has 17 heavy (non-hydrogen) atoms. The first-order valence-electron chi connectivity index (χ1n) is 5.79. The molecule has 2 aromatic rings. The predicted molar refractivity (Wildman–Crippen MR) is 69.4 cm³/mol. The fourth-order valence-corrected chi connectivity index (χ4v) is 2.02. The fraction of sp³-hybridized carbons (Fsp3) is 0.267. The van der Waals surface area contributed by atoms with Gasteiger partial charge in [0, 0.05) is 19.7 Å². The van der Waals surface area contributed by atoms with Crippen molar-refractivity contribution in [2.45, 2.75) is 20.3 Å². The summed E-state index contributed by atoms with van der Waals surface area (Å²) in [5.41, 5.74) is 4.35. The van der Waals surface area contributed by atoms with Crippen LogP contribution in [-0.2, 0) is 13.5 Å². The SMILES string of the molecule is Cc1cccc(CC(=O)c2cccn2C)c1C. The minimum Gasteiger partial charge on any atom is -0.348 e. The van der Waals surface area contributed by atoms with E-state index in [2.05, 4.69) is 19.9 Å². The average Bonchev–Trinajstić information content (AvgIpc) is 2.71. The molecule has 0 saturated carbocycles. The number of benzene rings is 1. The number of Topliss-reactive ketones (excluding diaryl/α,β-unsaturated/α-hetero) is 1. The van der Waals surface area contributed by atoms with Gasteiger partial charge in [-0.05, 0) is 42.7 Å². The Morgan fingerprint density at radius 1 is 1.18 bits per heavy atom. The van der Waals surface area contributed by atoms with Gasteiger partial charge in [0.2, 0.25) is 0 Å². The Balaban J connectivity index is 2.25. The number of hydrogen-bond acceptors (Lipinski definition) is 1. The molecule has 2 nitrogen and oxygen atoms in total. The molecule has 0 saturated heterocycles. The highest BCUT2D eigenvalue weighted by molar-refractivity contribution is 5.96. The summed E-state index contributed by atoms with van der Waals surface area (Å²) in [6.45, 7) is 4.15. The van der Waals surface area contributed by atoms with E-state index < -0.39 is 0 Å². The van der Waals surface area contributed by atoms with Crippen molar-refractivity contribution < 1.29 is 4.79 Å². The van der Waals surface area contributed by atoms with Gasteiger partial charge in [0.1, 0.15) is 0 Å². The number of aromatic nitrogens is 1. The van der Waals surface area contributed by atoms with Crippen LogP contribution in [0.5, 0.6) is 0 Å². The van der Waals surface area contributed by atoms with E-state index in [1.165, 1.54) is 11.1 Å². The van der Waals surface area contributed by atoms with E-state index in [0.29, 0.717) is 6.42 Å². The van der Waals surface area contributed by atoms with Gasteiger partial charge < -0.3 is 4.57 Å². The first-order chi connectivity index (χ1) is 8.09. The molecule has 0 unspecified atom stereocenters. The lowest BCUT2D eigenvalue weighted by atomic mass is 9.98. The molecule has 0 fully saturated rings. The largest absolute Gasteiger partial charge is 0.348 e. The molecule has 0 spiro atoms. The van der Waals surface area contributed by atoms with Crippen molar-refractivity contribution in [2.75, 3.05) is 0 Å². The number of ketones is 1. The van der Waals surface area contributed by atoms with Crippen LogP contribution in [0.2, 0.25) is 0 Å². The summed E-state index contributed by atoms with van der Waals surface area (Å²) in [4.78, 5) is 12.1. The number of aryl methyl sites for hydroxylation is 2. The third-order valence-electron chi connectivity index (χ3n) is 3.30. The lowest BCUT2D eigenvalue weighted by molar-refractivity contribution is 0.0985. The molecule has 2 rings (SSSR count). The molecule has 0 N–H and O–H groups in total. The topological polar surface area (TPSA) is 22.0 Å². The van der Waals surface area contributed by atoms with Crippen LogP contribution in [0.1, 0.15) is 27.2 Å². The highest BCUT2D eigenvalue weighted by atomic mass is 16.1. The number of hydrogen-bond donors (Lipinski definition) is 0. The molecule has 1 aromatic heterocycles. The fourth-order valence-electron chi connectivity index (χ4n) is 2.02. The minimum absolute atomic E-state index is 0.172. The van der Waals surface area contributed by atoms with Gasteiger partial charge in [0.25, 0.3) is 0 Å². The van der Waals surface area contributed by atoms with E-state index in [4.69, 9.17) is 0 Å². The zero-order valence-electron chi connectivity index (χ0n) is 10.5. The molecular formula is C15H17NO. The molecule has 2 heteroatoms. The Hall–Kier alpha value is -1.83. The Bertz CT molecular complexity index is 552. The van der Waals surface area contributed by atoms with E-state index in [1.54, 1.807) is 0 Å². The lowest BCUT2D eigenvalue weighted by Gasteiger charge is -2.08. The monoisotopic (exact) mass is 227 g/mol. The van der Waals surface area contributed by atoms with Crippen molar-refractivity contribution in [1.29, 1.82) is 0 Å². The van der Waals surface area contributed by atoms with Gasteiger partial charge in [0.05, 0.1) is 5.69 Å². The van der Waals surface area contributed by atoms with Crippen LogP contribution in [0, 0.1) is 13.8 Å². The van der Waals surface area contributed by atoms with Crippen LogP contribution in [0.15, 0.2) is 36.5 Å². The van der Waals surface area contributed by atoms with Gasteiger partial charge in [-0.2, -0.15) is 0 Å². The summed E-state index contributed by atoms with van der Waals surface area (Å²) in [5.74, 6) is 0.172. The molecule has 0 aliphatic rings. The van der Waals surface area contributed by atoms with Gasteiger partial charge in [-0.25, -0.2) is 0 Å². The number of nitrogens with zero attached hydrogens (tertiary/aromatic N) is 1. The second-order valence-electron chi connectivity index (χ2n) is 4.46. The lowest BCUT2D eigenvalue weighted by Crippen LogP contribution is -2.09. The second-order valence-corrected chi connectivity index (χ2v) is 4.46. The summed E-state index contributed by atoms with van der Waals surface area (Å²) < 4.78 is 1.87. The van der Waals surface area contributed by atoms with Crippen molar-refractivity contribution in [1.82, 2.24) is 4.57 Å². The van der Waals surface area contributed by atoms with E-state index in [-0.39, 0.29) is 5.78 Å². The van der Waals surface area contributed by atoms with Gasteiger partial charge in [-0.15, -0.1) is 0 Å². The zero-order chi connectivity index (χ0) is 12.4. The molecule has 0 radical (unpaired) electrons. The highest BCUT2D eigenvalue weighted by Gasteiger charge is 2.11. The van der Waals surface area contributed by atoms with Crippen molar-refractivity contribution in [3.05, 3.63) is 58.9 Å². The predicted octanol–water partition coefficient (Wildman–Crippen LogP) is 3.07. The molecule has 0 amide bonds. The van der Waals surface area contributed by atoms with Crippen molar-refractivity contribution in [3.63, 3.8) is 0 Å². The maximum atomic E-state index is 12.1. The van der Waals surface area contributed by atoms with E-state index in [0.717, 1.165) is 11.3 Å². The van der Waals surface area contributed by atoms with Crippen LogP contribution in [0.25, 0.3) is 0 Å². The Morgan fingerprint density at radius 2 is 1.94 bits per heavy atom. The van der Waals surface area contributed by atoms with Crippen LogP contribution >= 0.6 is 0 Å². The van der Waals surface area contributed by atoms with Crippen molar-refractivity contribution in [3.8, 4) is 0 Å². The molecule has 0 bridgehead atoms. The van der Waals surface area contributed by atoms with Crippen LogP contribution < -0.4 is 0 Å². The minimum atomic E-state index is 0.172. The second kappa shape index (κ2) is 4.58. The normalized spacial score (nSPS) is 10.5. The number of carbonyl (C=O) groups excluding carboxylic acids is 1. The molecular weight excluding hydrogens is 210 g/mol. The molecule has 0 aliphatic carbocycles. The zero-order valence-corrected chi connectivity index (χ0v) is 10.5. The first-order valence-corrected chi connectivity index (χ1v) is 5.79. The maximum absolute atomic E-state index is 12.1. The van der Waals surface area contributed by atoms with Gasteiger partial charge in [0.15, 0.2) is 5.78 Å². The van der Waals surface area contributed by atoms with E-state index in [1.807, 2.05) is 42.1 Å². The molecule has 88 valence electrons. The van der Waals surface area contributed by atoms with Crippen LogP contribution in [0.3, 0.4) is 0 Å². The number of carbonyl (C=O) groups is 1. The summed E-state index contributed by atoms with van der Waals surface area (Å²) in [6, 6.07) is 9.88. The number of rotatable bonds is 3. The molecule has 1 heterocycles. The molecule has 0 atom stereocenters. The van der Waals surface area contributed by atoms with Crippen molar-refractivity contribution >= 4 is 5.78 Å². The molecule has 0 aliphatic heterocycles. The summed E-state index contributed by atoms with van der Waals surface area (Å²) in [5, 5.41) is 0. The van der Waals surface area contributed by atoms with Crippen molar-refractivity contribution in [2.24, 2.45) is 7.05 Å². The standard InChI is InChI=1S/C15H17NO/c1-11-6-4-7-13(12(11)2)10-15(17)14-8-5-9-16(14)3/h4-9H,10H2,1-3H3. The Labute approximate surface area is 102 Å². The summed E-state index contributed by atoms with van der Waals surface area (Å²) >= 11 is 0. The quantitative estimate of drug-likeness (QED) is 0.739. The molecule has 1 aromatic carbocycles.